The lowest BCUT2D eigenvalue weighted by atomic mass is 9.90. The van der Waals surface area contributed by atoms with Gasteiger partial charge in [0.2, 0.25) is 0 Å². The van der Waals surface area contributed by atoms with Crippen molar-refractivity contribution in [2.24, 2.45) is 5.41 Å². The van der Waals surface area contributed by atoms with Crippen molar-refractivity contribution in [1.82, 2.24) is 4.90 Å². The van der Waals surface area contributed by atoms with Gasteiger partial charge in [-0.05, 0) is 37.6 Å². The van der Waals surface area contributed by atoms with Gasteiger partial charge in [-0.1, -0.05) is 23.7 Å². The number of nitrogens with zero attached hydrogens (tertiary/aromatic N) is 1. The Hall–Kier alpha value is -2.27. The molecule has 0 spiro atoms. The fourth-order valence-electron chi connectivity index (χ4n) is 2.72. The van der Waals surface area contributed by atoms with Crippen LogP contribution in [-0.4, -0.2) is 35.0 Å². The third kappa shape index (κ3) is 2.84. The van der Waals surface area contributed by atoms with Crippen molar-refractivity contribution >= 4 is 23.5 Å². The van der Waals surface area contributed by atoms with Crippen molar-refractivity contribution in [1.29, 1.82) is 0 Å². The minimum absolute atomic E-state index is 0.184. The fraction of sp³-hybridized carbons (Fsp3) is 0.294. The molecule has 2 heterocycles. The van der Waals surface area contributed by atoms with Gasteiger partial charge in [-0.15, -0.1) is 0 Å². The van der Waals surface area contributed by atoms with Crippen LogP contribution in [0.2, 0.25) is 5.02 Å². The second-order valence-electron chi connectivity index (χ2n) is 5.99. The van der Waals surface area contributed by atoms with E-state index in [-0.39, 0.29) is 18.2 Å². The molecule has 1 amide bonds. The van der Waals surface area contributed by atoms with Crippen LogP contribution in [0.4, 0.5) is 0 Å². The maximum Gasteiger partial charge on any atom is 0.311 e. The summed E-state index contributed by atoms with van der Waals surface area (Å²) in [6.07, 6.45) is 0.437. The molecule has 6 heteroatoms. The van der Waals surface area contributed by atoms with Crippen LogP contribution in [0.15, 0.2) is 40.8 Å². The molecule has 1 fully saturated rings. The first kappa shape index (κ1) is 15.6. The Kier molecular flexibility index (Phi) is 3.90. The van der Waals surface area contributed by atoms with Gasteiger partial charge in [-0.3, -0.25) is 9.59 Å². The molecule has 0 saturated carbocycles. The highest BCUT2D eigenvalue weighted by Crippen LogP contribution is 2.33. The van der Waals surface area contributed by atoms with Gasteiger partial charge in [0.05, 0.1) is 10.4 Å². The first-order chi connectivity index (χ1) is 10.9. The Morgan fingerprint density at radius 1 is 1.26 bits per heavy atom. The summed E-state index contributed by atoms with van der Waals surface area (Å²) >= 11 is 6.13. The van der Waals surface area contributed by atoms with Crippen LogP contribution < -0.4 is 0 Å². The van der Waals surface area contributed by atoms with Crippen molar-refractivity contribution < 1.29 is 19.1 Å². The molecule has 0 aliphatic carbocycles. The van der Waals surface area contributed by atoms with Crippen LogP contribution in [-0.2, 0) is 4.79 Å². The predicted molar refractivity (Wildman–Crippen MR) is 85.4 cm³/mol. The van der Waals surface area contributed by atoms with E-state index < -0.39 is 11.4 Å². The maximum absolute atomic E-state index is 12.5. The molecule has 1 N–H and O–H groups in total. The van der Waals surface area contributed by atoms with Gasteiger partial charge in [-0.25, -0.2) is 0 Å². The molecule has 23 heavy (non-hydrogen) atoms. The van der Waals surface area contributed by atoms with Crippen LogP contribution in [0.1, 0.15) is 23.9 Å². The molecule has 1 aliphatic heterocycles. The van der Waals surface area contributed by atoms with E-state index in [2.05, 4.69) is 0 Å². The van der Waals surface area contributed by atoms with Gasteiger partial charge in [-0.2, -0.15) is 0 Å². The lowest BCUT2D eigenvalue weighted by Gasteiger charge is -2.19. The summed E-state index contributed by atoms with van der Waals surface area (Å²) in [5.41, 5.74) is -0.182. The Bertz CT molecular complexity index is 769. The van der Waals surface area contributed by atoms with Gasteiger partial charge < -0.3 is 14.4 Å². The number of carboxylic acid groups (broad SMARTS) is 1. The van der Waals surface area contributed by atoms with Gasteiger partial charge in [0.15, 0.2) is 5.76 Å². The lowest BCUT2D eigenvalue weighted by molar-refractivity contribution is -0.147. The molecule has 1 aliphatic rings. The first-order valence-electron chi connectivity index (χ1n) is 7.28. The van der Waals surface area contributed by atoms with Crippen LogP contribution >= 0.6 is 11.6 Å². The smallest absolute Gasteiger partial charge is 0.311 e. The number of carboxylic acids is 1. The second-order valence-corrected chi connectivity index (χ2v) is 6.39. The molecule has 1 aromatic carbocycles. The van der Waals surface area contributed by atoms with Crippen molar-refractivity contribution in [3.05, 3.63) is 47.2 Å². The normalized spacial score (nSPS) is 20.7. The summed E-state index contributed by atoms with van der Waals surface area (Å²) in [5.74, 6) is -0.481. The third-order valence-corrected chi connectivity index (χ3v) is 4.56. The second kappa shape index (κ2) is 5.74. The Labute approximate surface area is 138 Å². The average Bonchev–Trinajstić information content (AvgIpc) is 3.15. The number of halogens is 1. The molecule has 2 aromatic rings. The molecule has 1 aromatic heterocycles. The predicted octanol–water partition coefficient (Wildman–Crippen LogP) is 3.54. The molecule has 0 bridgehead atoms. The van der Waals surface area contributed by atoms with E-state index >= 15 is 0 Å². The summed E-state index contributed by atoms with van der Waals surface area (Å²) in [6, 6.07) is 10.5. The number of carbonyl (C=O) groups excluding carboxylic acids is 1. The summed E-state index contributed by atoms with van der Waals surface area (Å²) in [7, 11) is 0. The number of likely N-dealkylation sites (tertiary alicyclic amines) is 1. The average molecular weight is 334 g/mol. The molecule has 1 atom stereocenters. The van der Waals surface area contributed by atoms with E-state index in [1.165, 1.54) is 4.90 Å². The number of aliphatic carboxylic acids is 1. The van der Waals surface area contributed by atoms with E-state index in [4.69, 9.17) is 16.0 Å². The highest BCUT2D eigenvalue weighted by Gasteiger charge is 2.42. The van der Waals surface area contributed by atoms with Gasteiger partial charge in [0.25, 0.3) is 5.91 Å². The van der Waals surface area contributed by atoms with Crippen LogP contribution in [0, 0.1) is 5.41 Å². The molecule has 0 radical (unpaired) electrons. The largest absolute Gasteiger partial charge is 0.481 e. The molecule has 120 valence electrons. The Balaban J connectivity index is 1.80. The molecule has 1 saturated heterocycles. The Morgan fingerprint density at radius 2 is 2.00 bits per heavy atom. The summed E-state index contributed by atoms with van der Waals surface area (Å²) in [5, 5.41) is 9.79. The topological polar surface area (TPSA) is 70.8 Å². The summed E-state index contributed by atoms with van der Waals surface area (Å²) in [6.45, 7) is 2.24. The minimum atomic E-state index is -0.895. The van der Waals surface area contributed by atoms with Crippen molar-refractivity contribution in [2.75, 3.05) is 13.1 Å². The van der Waals surface area contributed by atoms with E-state index in [1.54, 1.807) is 25.1 Å². The summed E-state index contributed by atoms with van der Waals surface area (Å²) < 4.78 is 5.63. The fourth-order valence-corrected chi connectivity index (χ4v) is 2.95. The number of rotatable bonds is 3. The minimum Gasteiger partial charge on any atom is -0.481 e. The number of furan rings is 1. The number of amides is 1. The number of hydrogen-bond donors (Lipinski definition) is 1. The molecule has 3 rings (SSSR count). The maximum atomic E-state index is 12.5. The zero-order chi connectivity index (χ0) is 16.6. The SMILES string of the molecule is C[C@]1(C(=O)O)CCN(C(=O)c2ccc(-c3ccccc3Cl)o2)C1. The van der Waals surface area contributed by atoms with Crippen molar-refractivity contribution in [3.63, 3.8) is 0 Å². The zero-order valence-electron chi connectivity index (χ0n) is 12.6. The molecule has 0 unspecified atom stereocenters. The molecular formula is C17H16ClNO4. The number of hydrogen-bond acceptors (Lipinski definition) is 3. The zero-order valence-corrected chi connectivity index (χ0v) is 13.3. The quantitative estimate of drug-likeness (QED) is 0.932. The van der Waals surface area contributed by atoms with Crippen LogP contribution in [0.5, 0.6) is 0 Å². The molecule has 5 nitrogen and oxygen atoms in total. The number of carbonyl (C=O) groups is 2. The molecular weight excluding hydrogens is 318 g/mol. The highest BCUT2D eigenvalue weighted by atomic mass is 35.5. The van der Waals surface area contributed by atoms with Crippen molar-refractivity contribution in [3.8, 4) is 11.3 Å². The van der Waals surface area contributed by atoms with E-state index in [9.17, 15) is 14.7 Å². The number of benzene rings is 1. The van der Waals surface area contributed by atoms with Gasteiger partial charge in [0.1, 0.15) is 5.76 Å². The Morgan fingerprint density at radius 3 is 2.65 bits per heavy atom. The first-order valence-corrected chi connectivity index (χ1v) is 7.66. The van der Waals surface area contributed by atoms with E-state index in [0.717, 1.165) is 0 Å². The standard InChI is InChI=1S/C17H16ClNO4/c1-17(16(21)22)8-9-19(10-17)15(20)14-7-6-13(23-14)11-4-2-3-5-12(11)18/h2-7H,8-10H2,1H3,(H,21,22)/t17-/m0/s1. The third-order valence-electron chi connectivity index (χ3n) is 4.23. The van der Waals surface area contributed by atoms with E-state index in [1.807, 2.05) is 18.2 Å². The monoisotopic (exact) mass is 333 g/mol. The van der Waals surface area contributed by atoms with E-state index in [0.29, 0.717) is 29.3 Å². The lowest BCUT2D eigenvalue weighted by Crippen LogP contribution is -2.34. The van der Waals surface area contributed by atoms with Crippen LogP contribution in [0.3, 0.4) is 0 Å². The van der Waals surface area contributed by atoms with Gasteiger partial charge in [0, 0.05) is 18.7 Å². The summed E-state index contributed by atoms with van der Waals surface area (Å²) in [4.78, 5) is 25.3. The van der Waals surface area contributed by atoms with Crippen LogP contribution in [0.25, 0.3) is 11.3 Å². The van der Waals surface area contributed by atoms with Gasteiger partial charge >= 0.3 is 5.97 Å². The highest BCUT2D eigenvalue weighted by molar-refractivity contribution is 6.33. The van der Waals surface area contributed by atoms with Crippen molar-refractivity contribution in [2.45, 2.75) is 13.3 Å².